The number of aliphatic hydroxyl groups is 1. The molecule has 6 aromatic rings. The molecule has 1 fully saturated rings. The summed E-state index contributed by atoms with van der Waals surface area (Å²) in [4.78, 5) is 27.2. The fourth-order valence-electron chi connectivity index (χ4n) is 6.46. The number of tetrazole rings is 1. The predicted octanol–water partition coefficient (Wildman–Crippen LogP) is 6.66. The van der Waals surface area contributed by atoms with Gasteiger partial charge in [0.2, 0.25) is 5.16 Å². The van der Waals surface area contributed by atoms with Crippen LogP contribution in [0.1, 0.15) is 61.8 Å². The zero-order chi connectivity index (χ0) is 35.6. The molecular formula is C40H33N5O6S. The first-order chi connectivity index (χ1) is 25.4. The van der Waals surface area contributed by atoms with Gasteiger partial charge >= 0.3 is 0 Å². The highest BCUT2D eigenvalue weighted by Gasteiger charge is 2.35. The Morgan fingerprint density at radius 3 is 2.17 bits per heavy atom. The number of benzene rings is 5. The second-order valence-corrected chi connectivity index (χ2v) is 13.6. The van der Waals surface area contributed by atoms with Gasteiger partial charge in [-0.25, -0.2) is 0 Å². The minimum absolute atomic E-state index is 0.0371. The van der Waals surface area contributed by atoms with Crippen LogP contribution in [0.4, 0.5) is 0 Å². The molecule has 3 atom stereocenters. The van der Waals surface area contributed by atoms with Crippen LogP contribution in [0.5, 0.6) is 5.75 Å². The Kier molecular flexibility index (Phi) is 9.35. The van der Waals surface area contributed by atoms with Crippen molar-refractivity contribution in [2.75, 3.05) is 5.75 Å². The summed E-state index contributed by atoms with van der Waals surface area (Å²) < 4.78 is 14.7. The Balaban J connectivity index is 0.995. The van der Waals surface area contributed by atoms with Crippen molar-refractivity contribution in [2.24, 2.45) is 0 Å². The number of ether oxygens (including phenoxy) is 2. The van der Waals surface area contributed by atoms with Crippen molar-refractivity contribution in [1.29, 1.82) is 0 Å². The van der Waals surface area contributed by atoms with Crippen LogP contribution in [0.3, 0.4) is 0 Å². The SMILES string of the molecule is O=C1c2ccccc2C(=O)N1Cc1cccc(-c2ccc([C@@H]3O[C@H](CSc4nnnn4-c4ccc(O)cc4)C[C@H](c4ccc(CO)cc4)O3)cc2)c1. The molecule has 2 N–H and O–H groups in total. The van der Waals surface area contributed by atoms with Crippen molar-refractivity contribution in [3.05, 3.63) is 155 Å². The number of amides is 2. The summed E-state index contributed by atoms with van der Waals surface area (Å²) in [5.41, 5.74) is 7.03. The van der Waals surface area contributed by atoms with E-state index in [1.807, 2.05) is 72.8 Å². The van der Waals surface area contributed by atoms with Crippen molar-refractivity contribution in [3.8, 4) is 22.6 Å². The average molecular weight is 712 g/mol. The van der Waals surface area contributed by atoms with Crippen LogP contribution in [0.15, 0.2) is 126 Å². The second-order valence-electron chi connectivity index (χ2n) is 12.6. The number of aliphatic hydroxyl groups excluding tert-OH is 1. The number of nitrogens with zero attached hydrogens (tertiary/aromatic N) is 5. The van der Waals surface area contributed by atoms with E-state index < -0.39 is 6.29 Å². The van der Waals surface area contributed by atoms with Crippen LogP contribution >= 0.6 is 11.8 Å². The molecule has 5 aromatic carbocycles. The van der Waals surface area contributed by atoms with Crippen molar-refractivity contribution >= 4 is 23.6 Å². The Morgan fingerprint density at radius 1 is 0.750 bits per heavy atom. The van der Waals surface area contributed by atoms with Crippen LogP contribution in [0.25, 0.3) is 16.8 Å². The summed E-state index contributed by atoms with van der Waals surface area (Å²) in [7, 11) is 0. The molecule has 260 valence electrons. The van der Waals surface area contributed by atoms with Crippen molar-refractivity contribution < 1.29 is 29.3 Å². The van der Waals surface area contributed by atoms with Crippen LogP contribution in [-0.2, 0) is 22.6 Å². The summed E-state index contributed by atoms with van der Waals surface area (Å²) >= 11 is 1.47. The molecule has 2 amide bonds. The first-order valence-electron chi connectivity index (χ1n) is 16.8. The standard InChI is InChI=1S/C40H33N5O6S/c46-23-25-8-10-28(11-9-25)36-21-33(24-52-40-41-42-43-45(40)31-16-18-32(47)19-17-31)50-39(51-36)29-14-12-27(13-15-29)30-5-3-4-26(20-30)22-44-37(48)34-6-1-2-7-35(34)38(44)49/h1-20,33,36,39,46-47H,21-24H2/t33-,36+,39+/m0/s1. The molecule has 0 spiro atoms. The Labute approximate surface area is 303 Å². The molecule has 1 saturated heterocycles. The zero-order valence-electron chi connectivity index (χ0n) is 27.8. The molecule has 0 aliphatic carbocycles. The van der Waals surface area contributed by atoms with E-state index in [0.717, 1.165) is 39.1 Å². The number of aromatic nitrogens is 4. The van der Waals surface area contributed by atoms with Crippen LogP contribution in [0.2, 0.25) is 0 Å². The van der Waals surface area contributed by atoms with Gasteiger partial charge in [-0.2, -0.15) is 4.68 Å². The highest BCUT2D eigenvalue weighted by Crippen LogP contribution is 2.40. The summed E-state index contributed by atoms with van der Waals surface area (Å²) in [5.74, 6) is 0.157. The maximum absolute atomic E-state index is 13.0. The van der Waals surface area contributed by atoms with Gasteiger partial charge in [-0.15, -0.1) is 5.10 Å². The van der Waals surface area contributed by atoms with Gasteiger partial charge in [0.1, 0.15) is 5.75 Å². The molecule has 1 aromatic heterocycles. The number of phenols is 1. The number of hydrogen-bond acceptors (Lipinski definition) is 10. The Bertz CT molecular complexity index is 2190. The molecule has 8 rings (SSSR count). The van der Waals surface area contributed by atoms with E-state index in [0.29, 0.717) is 28.5 Å². The fraction of sp³-hybridized carbons (Fsp3) is 0.175. The topological polar surface area (TPSA) is 140 Å². The monoisotopic (exact) mass is 711 g/mol. The van der Waals surface area contributed by atoms with E-state index in [2.05, 4.69) is 15.5 Å². The van der Waals surface area contributed by atoms with Gasteiger partial charge in [-0.3, -0.25) is 14.5 Å². The summed E-state index contributed by atoms with van der Waals surface area (Å²) in [6, 6.07) is 37.2. The van der Waals surface area contributed by atoms with E-state index in [9.17, 15) is 19.8 Å². The predicted molar refractivity (Wildman–Crippen MR) is 192 cm³/mol. The lowest BCUT2D eigenvalue weighted by Crippen LogP contribution is -2.31. The third kappa shape index (κ3) is 6.84. The van der Waals surface area contributed by atoms with E-state index in [-0.39, 0.29) is 42.9 Å². The molecule has 2 aliphatic heterocycles. The zero-order valence-corrected chi connectivity index (χ0v) is 28.6. The molecule has 0 radical (unpaired) electrons. The lowest BCUT2D eigenvalue weighted by Gasteiger charge is -2.36. The number of imide groups is 1. The molecule has 0 unspecified atom stereocenters. The molecule has 0 saturated carbocycles. The van der Waals surface area contributed by atoms with E-state index in [1.165, 1.54) is 16.7 Å². The van der Waals surface area contributed by atoms with Crippen molar-refractivity contribution in [1.82, 2.24) is 25.1 Å². The molecule has 11 nitrogen and oxygen atoms in total. The maximum Gasteiger partial charge on any atom is 0.261 e. The summed E-state index contributed by atoms with van der Waals surface area (Å²) in [6.07, 6.45) is -0.525. The van der Waals surface area contributed by atoms with E-state index >= 15 is 0 Å². The average Bonchev–Trinajstić information content (AvgIpc) is 3.76. The van der Waals surface area contributed by atoms with Crippen LogP contribution < -0.4 is 0 Å². The Morgan fingerprint density at radius 2 is 1.46 bits per heavy atom. The normalized spacial score (nSPS) is 18.5. The van der Waals surface area contributed by atoms with Crippen molar-refractivity contribution in [2.45, 2.75) is 43.2 Å². The van der Waals surface area contributed by atoms with Gasteiger partial charge in [-0.1, -0.05) is 90.6 Å². The highest BCUT2D eigenvalue weighted by atomic mass is 32.2. The van der Waals surface area contributed by atoms with Crippen LogP contribution in [0, 0.1) is 0 Å². The fourth-order valence-corrected chi connectivity index (χ4v) is 7.37. The van der Waals surface area contributed by atoms with Gasteiger partial charge < -0.3 is 19.7 Å². The Hall–Kier alpha value is -5.66. The highest BCUT2D eigenvalue weighted by molar-refractivity contribution is 7.99. The first-order valence-corrected chi connectivity index (χ1v) is 17.8. The number of aromatic hydroxyl groups is 1. The molecular weight excluding hydrogens is 679 g/mol. The third-order valence-corrected chi connectivity index (χ3v) is 10.3. The minimum atomic E-state index is -0.649. The molecule has 0 bridgehead atoms. The van der Waals surface area contributed by atoms with Gasteiger partial charge in [0.05, 0.1) is 42.2 Å². The van der Waals surface area contributed by atoms with Gasteiger partial charge in [-0.05, 0) is 80.7 Å². The number of thioether (sulfide) groups is 1. The van der Waals surface area contributed by atoms with E-state index in [1.54, 1.807) is 53.2 Å². The van der Waals surface area contributed by atoms with Crippen LogP contribution in [-0.4, -0.2) is 59.0 Å². The number of hydrogen-bond donors (Lipinski definition) is 2. The number of carbonyl (C=O) groups is 2. The van der Waals surface area contributed by atoms with Gasteiger partial charge in [0.15, 0.2) is 6.29 Å². The minimum Gasteiger partial charge on any atom is -0.508 e. The van der Waals surface area contributed by atoms with Gasteiger partial charge in [0, 0.05) is 17.7 Å². The number of carbonyl (C=O) groups excluding carboxylic acids is 2. The number of rotatable bonds is 10. The largest absolute Gasteiger partial charge is 0.508 e. The number of fused-ring (bicyclic) bond motifs is 1. The molecule has 12 heteroatoms. The maximum atomic E-state index is 13.0. The van der Waals surface area contributed by atoms with Gasteiger partial charge in [0.25, 0.3) is 11.8 Å². The van der Waals surface area contributed by atoms with Crippen molar-refractivity contribution in [3.63, 3.8) is 0 Å². The quantitative estimate of drug-likeness (QED) is 0.117. The third-order valence-electron chi connectivity index (χ3n) is 9.21. The summed E-state index contributed by atoms with van der Waals surface area (Å²) in [6.45, 7) is 0.147. The molecule has 52 heavy (non-hydrogen) atoms. The lowest BCUT2D eigenvalue weighted by molar-refractivity contribution is -0.245. The number of phenolic OH excluding ortho intramolecular Hbond substituents is 1. The summed E-state index contributed by atoms with van der Waals surface area (Å²) in [5, 5.41) is 32.1. The smallest absolute Gasteiger partial charge is 0.261 e. The second kappa shape index (κ2) is 14.5. The molecule has 3 heterocycles. The van der Waals surface area contributed by atoms with E-state index in [4.69, 9.17) is 9.47 Å². The lowest BCUT2D eigenvalue weighted by atomic mass is 9.99. The molecule has 2 aliphatic rings. The first kappa shape index (κ1) is 33.5.